The first kappa shape index (κ1) is 8.71. The van der Waals surface area contributed by atoms with Crippen molar-refractivity contribution in [2.75, 3.05) is 0 Å². The summed E-state index contributed by atoms with van der Waals surface area (Å²) >= 11 is 0. The molecule has 3 heteroatoms. The molecule has 0 N–H and O–H groups in total. The van der Waals surface area contributed by atoms with Crippen molar-refractivity contribution in [3.05, 3.63) is 30.1 Å². The summed E-state index contributed by atoms with van der Waals surface area (Å²) in [6, 6.07) is 4.04. The average molecular weight is 163 g/mol. The Kier molecular flexibility index (Phi) is 2.80. The van der Waals surface area contributed by atoms with Gasteiger partial charge in [0.1, 0.15) is 0 Å². The van der Waals surface area contributed by atoms with Gasteiger partial charge in [-0.15, -0.1) is 5.10 Å². The van der Waals surface area contributed by atoms with E-state index in [9.17, 15) is 0 Å². The van der Waals surface area contributed by atoms with Gasteiger partial charge in [-0.1, -0.05) is 25.1 Å². The lowest BCUT2D eigenvalue weighted by molar-refractivity contribution is 0.851. The quantitative estimate of drug-likeness (QED) is 0.595. The molecule has 0 fully saturated rings. The second-order valence-corrected chi connectivity index (χ2v) is 2.31. The Morgan fingerprint density at radius 2 is 2.00 bits per heavy atom. The van der Waals surface area contributed by atoms with Crippen LogP contribution in [0.25, 0.3) is 5.52 Å². The summed E-state index contributed by atoms with van der Waals surface area (Å²) in [5.74, 6) is 0. The van der Waals surface area contributed by atoms with Gasteiger partial charge < -0.3 is 0 Å². The maximum absolute atomic E-state index is 3.85. The molecular weight excluding hydrogens is 150 g/mol. The minimum Gasteiger partial charge on any atom is -0.220 e. The van der Waals surface area contributed by atoms with E-state index >= 15 is 0 Å². The van der Waals surface area contributed by atoms with Crippen molar-refractivity contribution in [3.63, 3.8) is 0 Å². The molecule has 2 aromatic rings. The summed E-state index contributed by atoms with van der Waals surface area (Å²) in [5.41, 5.74) is 2.23. The number of hydrogen-bond donors (Lipinski definition) is 0. The summed E-state index contributed by atoms with van der Waals surface area (Å²) in [6.07, 6.45) is 3.68. The minimum absolute atomic E-state index is 1.03. The predicted molar refractivity (Wildman–Crippen MR) is 49.1 cm³/mol. The number of aryl methyl sites for hydroxylation is 1. The first-order chi connectivity index (χ1) is 5.86. The SMILES string of the molecule is CC.Cc1ccc2cnnn2c1. The number of fused-ring (bicyclic) bond motifs is 1. The van der Waals surface area contributed by atoms with E-state index in [2.05, 4.69) is 10.3 Å². The molecule has 0 unspecified atom stereocenters. The van der Waals surface area contributed by atoms with E-state index in [4.69, 9.17) is 0 Å². The molecule has 3 nitrogen and oxygen atoms in total. The van der Waals surface area contributed by atoms with Crippen LogP contribution in [0.15, 0.2) is 24.5 Å². The third-order valence-electron chi connectivity index (χ3n) is 1.45. The van der Waals surface area contributed by atoms with Gasteiger partial charge in [0.15, 0.2) is 0 Å². The molecule has 0 aliphatic heterocycles. The Morgan fingerprint density at radius 3 is 2.75 bits per heavy atom. The maximum atomic E-state index is 3.85. The van der Waals surface area contributed by atoms with Crippen LogP contribution in [0.1, 0.15) is 19.4 Å². The van der Waals surface area contributed by atoms with Crippen LogP contribution in [0.2, 0.25) is 0 Å². The molecule has 0 saturated carbocycles. The number of nitrogens with zero attached hydrogens (tertiary/aromatic N) is 3. The van der Waals surface area contributed by atoms with E-state index in [0.717, 1.165) is 5.52 Å². The van der Waals surface area contributed by atoms with Crippen LogP contribution >= 0.6 is 0 Å². The highest BCUT2D eigenvalue weighted by atomic mass is 15.4. The van der Waals surface area contributed by atoms with Gasteiger partial charge in [0.2, 0.25) is 0 Å². The van der Waals surface area contributed by atoms with Crippen molar-refractivity contribution >= 4 is 5.52 Å². The lowest BCUT2D eigenvalue weighted by atomic mass is 10.3. The smallest absolute Gasteiger partial charge is 0.0865 e. The van der Waals surface area contributed by atoms with Gasteiger partial charge in [-0.05, 0) is 18.6 Å². The van der Waals surface area contributed by atoms with Crippen LogP contribution in [0, 0.1) is 6.92 Å². The molecule has 0 amide bonds. The van der Waals surface area contributed by atoms with Gasteiger partial charge in [0.25, 0.3) is 0 Å². The highest BCUT2D eigenvalue weighted by Crippen LogP contribution is 2.01. The van der Waals surface area contributed by atoms with Crippen molar-refractivity contribution in [2.24, 2.45) is 0 Å². The topological polar surface area (TPSA) is 30.2 Å². The third kappa shape index (κ3) is 1.61. The van der Waals surface area contributed by atoms with Crippen LogP contribution in [-0.2, 0) is 0 Å². The second-order valence-electron chi connectivity index (χ2n) is 2.31. The van der Waals surface area contributed by atoms with E-state index in [0.29, 0.717) is 0 Å². The highest BCUT2D eigenvalue weighted by molar-refractivity contribution is 5.43. The molecule has 0 aliphatic rings. The van der Waals surface area contributed by atoms with Crippen LogP contribution in [0.4, 0.5) is 0 Å². The molecule has 12 heavy (non-hydrogen) atoms. The zero-order valence-corrected chi connectivity index (χ0v) is 7.65. The van der Waals surface area contributed by atoms with Crippen LogP contribution < -0.4 is 0 Å². The monoisotopic (exact) mass is 163 g/mol. The van der Waals surface area contributed by atoms with Crippen LogP contribution in [0.5, 0.6) is 0 Å². The Hall–Kier alpha value is -1.38. The first-order valence-electron chi connectivity index (χ1n) is 4.13. The Labute approximate surface area is 72.0 Å². The average Bonchev–Trinajstić information content (AvgIpc) is 2.54. The van der Waals surface area contributed by atoms with E-state index < -0.39 is 0 Å². The zero-order chi connectivity index (χ0) is 8.97. The third-order valence-corrected chi connectivity index (χ3v) is 1.45. The fourth-order valence-corrected chi connectivity index (χ4v) is 0.924. The second kappa shape index (κ2) is 3.85. The van der Waals surface area contributed by atoms with E-state index in [1.54, 1.807) is 10.7 Å². The van der Waals surface area contributed by atoms with Gasteiger partial charge in [0.05, 0.1) is 11.7 Å². The number of hydrogen-bond acceptors (Lipinski definition) is 2. The molecule has 0 spiro atoms. The van der Waals surface area contributed by atoms with Crippen molar-refractivity contribution in [1.82, 2.24) is 14.8 Å². The molecule has 2 aromatic heterocycles. The lowest BCUT2D eigenvalue weighted by Crippen LogP contribution is -1.86. The van der Waals surface area contributed by atoms with Crippen LogP contribution in [-0.4, -0.2) is 14.8 Å². The Balaban J connectivity index is 0.000000336. The molecular formula is C9H13N3. The Morgan fingerprint density at radius 1 is 1.25 bits per heavy atom. The molecule has 2 heterocycles. The molecule has 0 saturated heterocycles. The van der Waals surface area contributed by atoms with Crippen molar-refractivity contribution in [1.29, 1.82) is 0 Å². The first-order valence-corrected chi connectivity index (χ1v) is 4.13. The summed E-state index contributed by atoms with van der Waals surface area (Å²) < 4.78 is 1.76. The van der Waals surface area contributed by atoms with E-state index in [1.165, 1.54) is 5.56 Å². The minimum atomic E-state index is 1.03. The number of aromatic nitrogens is 3. The largest absolute Gasteiger partial charge is 0.220 e. The van der Waals surface area contributed by atoms with Gasteiger partial charge in [-0.2, -0.15) is 0 Å². The fraction of sp³-hybridized carbons (Fsp3) is 0.333. The normalized spacial score (nSPS) is 9.25. The standard InChI is InChI=1S/C7H7N3.C2H6/c1-6-2-3-7-4-8-9-10(7)5-6;1-2/h2-5H,1H3;1-2H3. The molecule has 0 atom stereocenters. The number of pyridine rings is 1. The van der Waals surface area contributed by atoms with Crippen molar-refractivity contribution in [2.45, 2.75) is 20.8 Å². The fourth-order valence-electron chi connectivity index (χ4n) is 0.924. The van der Waals surface area contributed by atoms with Gasteiger partial charge in [-0.25, -0.2) is 4.52 Å². The molecule has 0 radical (unpaired) electrons. The highest BCUT2D eigenvalue weighted by Gasteiger charge is 1.91. The molecule has 2 rings (SSSR count). The lowest BCUT2D eigenvalue weighted by Gasteiger charge is -1.91. The predicted octanol–water partition coefficient (Wildman–Crippen LogP) is 2.06. The van der Waals surface area contributed by atoms with Crippen molar-refractivity contribution in [3.8, 4) is 0 Å². The van der Waals surface area contributed by atoms with E-state index in [-0.39, 0.29) is 0 Å². The number of rotatable bonds is 0. The van der Waals surface area contributed by atoms with Crippen molar-refractivity contribution < 1.29 is 0 Å². The van der Waals surface area contributed by atoms with Gasteiger partial charge in [0, 0.05) is 6.20 Å². The molecule has 0 bridgehead atoms. The summed E-state index contributed by atoms with van der Waals surface area (Å²) in [7, 11) is 0. The van der Waals surface area contributed by atoms with Gasteiger partial charge in [-0.3, -0.25) is 0 Å². The van der Waals surface area contributed by atoms with Gasteiger partial charge >= 0.3 is 0 Å². The summed E-state index contributed by atoms with van der Waals surface area (Å²) in [6.45, 7) is 6.03. The summed E-state index contributed by atoms with van der Waals surface area (Å²) in [4.78, 5) is 0. The van der Waals surface area contributed by atoms with E-state index in [1.807, 2.05) is 39.1 Å². The zero-order valence-electron chi connectivity index (χ0n) is 7.65. The Bertz CT molecular complexity index is 351. The molecule has 0 aliphatic carbocycles. The molecule has 0 aromatic carbocycles. The maximum Gasteiger partial charge on any atom is 0.0865 e. The van der Waals surface area contributed by atoms with Crippen LogP contribution in [0.3, 0.4) is 0 Å². The summed E-state index contributed by atoms with van der Waals surface area (Å²) in [5, 5.41) is 7.60. The molecule has 64 valence electrons.